The molecule has 9 heteroatoms. The van der Waals surface area contributed by atoms with Crippen LogP contribution < -0.4 is 10.2 Å². The molecule has 0 aliphatic carbocycles. The predicted octanol–water partition coefficient (Wildman–Crippen LogP) is 6.56. The number of carbonyl (C=O) groups excluding carboxylic acids is 1. The van der Waals surface area contributed by atoms with Crippen molar-refractivity contribution in [2.75, 3.05) is 57.0 Å². The Morgan fingerprint density at radius 3 is 1.83 bits per heavy atom. The highest BCUT2D eigenvalue weighted by Crippen LogP contribution is 2.16. The van der Waals surface area contributed by atoms with E-state index in [0.717, 1.165) is 64.1 Å². The van der Waals surface area contributed by atoms with Crippen LogP contribution in [0.3, 0.4) is 0 Å². The third-order valence-electron chi connectivity index (χ3n) is 7.94. The Morgan fingerprint density at radius 2 is 1.34 bits per heavy atom. The molecule has 0 radical (unpaired) electrons. The summed E-state index contributed by atoms with van der Waals surface area (Å²) in [5.41, 5.74) is 0.646. The molecule has 8 nitrogen and oxygen atoms in total. The lowest BCUT2D eigenvalue weighted by Crippen LogP contribution is -2.46. The average molecular weight is 595 g/mol. The van der Waals surface area contributed by atoms with Crippen molar-refractivity contribution >= 4 is 21.8 Å². The van der Waals surface area contributed by atoms with Gasteiger partial charge in [-0.15, -0.1) is 0 Å². The zero-order valence-electron chi connectivity index (χ0n) is 26.1. The molecule has 0 aromatic carbocycles. The van der Waals surface area contributed by atoms with Crippen LogP contribution in [0.4, 0.5) is 5.82 Å². The number of piperazine rings is 1. The van der Waals surface area contributed by atoms with Crippen LogP contribution in [0.25, 0.3) is 0 Å². The molecular formula is C32H58N4O4S. The second kappa shape index (κ2) is 21.9. The van der Waals surface area contributed by atoms with Gasteiger partial charge in [-0.05, 0) is 37.9 Å². The van der Waals surface area contributed by atoms with Crippen molar-refractivity contribution in [2.45, 2.75) is 116 Å². The zero-order chi connectivity index (χ0) is 29.6. The van der Waals surface area contributed by atoms with E-state index in [1.54, 1.807) is 6.20 Å². The first-order valence-electron chi connectivity index (χ1n) is 16.4. The lowest BCUT2D eigenvalue weighted by molar-refractivity contribution is 0.0952. The number of hydrogen-bond donors (Lipinski definition) is 1. The number of rotatable bonds is 24. The van der Waals surface area contributed by atoms with Gasteiger partial charge in [0.2, 0.25) is 0 Å². The lowest BCUT2D eigenvalue weighted by Gasteiger charge is -2.35. The van der Waals surface area contributed by atoms with Crippen LogP contribution in [-0.4, -0.2) is 76.3 Å². The quantitative estimate of drug-likeness (QED) is 0.107. The van der Waals surface area contributed by atoms with E-state index in [0.29, 0.717) is 12.2 Å². The van der Waals surface area contributed by atoms with Gasteiger partial charge in [-0.2, -0.15) is 8.42 Å². The van der Waals surface area contributed by atoms with Crippen LogP contribution in [-0.2, 0) is 14.3 Å². The van der Waals surface area contributed by atoms with Crippen molar-refractivity contribution in [2.24, 2.45) is 0 Å². The molecule has 2 heterocycles. The summed E-state index contributed by atoms with van der Waals surface area (Å²) in [6.07, 6.45) is 23.6. The van der Waals surface area contributed by atoms with E-state index in [1.165, 1.54) is 96.4 Å². The molecule has 0 saturated carbocycles. The van der Waals surface area contributed by atoms with Gasteiger partial charge in [-0.1, -0.05) is 96.8 Å². The standard InChI is InChI=1S/C32H58N4O4S/c1-3-4-23-35-24-26-36(27-25-35)31-21-20-30(29-34-31)32(37)33-22-18-16-14-12-10-8-6-5-7-9-11-13-15-17-19-28-40-41(2,38)39/h20-21,29H,3-19,22-28H2,1-2H3,(H,33,37). The van der Waals surface area contributed by atoms with Crippen LogP contribution in [0.1, 0.15) is 126 Å². The molecule has 0 bridgehead atoms. The molecule has 236 valence electrons. The monoisotopic (exact) mass is 594 g/mol. The van der Waals surface area contributed by atoms with Crippen molar-refractivity contribution < 1.29 is 17.4 Å². The first-order valence-corrected chi connectivity index (χ1v) is 18.3. The number of aromatic nitrogens is 1. The third-order valence-corrected chi connectivity index (χ3v) is 8.53. The van der Waals surface area contributed by atoms with Gasteiger partial charge in [0.15, 0.2) is 0 Å². The Hall–Kier alpha value is -1.71. The highest BCUT2D eigenvalue weighted by Gasteiger charge is 2.18. The fourth-order valence-corrected chi connectivity index (χ4v) is 5.75. The number of nitrogens with zero attached hydrogens (tertiary/aromatic N) is 3. The van der Waals surface area contributed by atoms with Gasteiger partial charge in [-0.25, -0.2) is 4.98 Å². The number of unbranched alkanes of at least 4 members (excludes halogenated alkanes) is 15. The van der Waals surface area contributed by atoms with Crippen LogP contribution in [0.5, 0.6) is 0 Å². The van der Waals surface area contributed by atoms with E-state index in [9.17, 15) is 13.2 Å². The Kier molecular flexibility index (Phi) is 19.0. The summed E-state index contributed by atoms with van der Waals surface area (Å²) in [6.45, 7) is 8.65. The molecule has 41 heavy (non-hydrogen) atoms. The molecule has 1 fully saturated rings. The Bertz CT molecular complexity index is 903. The summed E-state index contributed by atoms with van der Waals surface area (Å²) in [6, 6.07) is 3.90. The van der Waals surface area contributed by atoms with Gasteiger partial charge < -0.3 is 10.2 Å². The molecule has 0 spiro atoms. The summed E-state index contributed by atoms with van der Waals surface area (Å²) in [7, 11) is -3.28. The third kappa shape index (κ3) is 17.8. The summed E-state index contributed by atoms with van der Waals surface area (Å²) < 4.78 is 26.5. The van der Waals surface area contributed by atoms with E-state index < -0.39 is 10.1 Å². The van der Waals surface area contributed by atoms with Crippen LogP contribution in [0.2, 0.25) is 0 Å². The topological polar surface area (TPSA) is 91.8 Å². The summed E-state index contributed by atoms with van der Waals surface area (Å²) in [5, 5.41) is 3.05. The molecule has 2 rings (SSSR count). The number of nitrogens with one attached hydrogen (secondary N) is 1. The van der Waals surface area contributed by atoms with Crippen LogP contribution in [0.15, 0.2) is 18.3 Å². The van der Waals surface area contributed by atoms with Crippen molar-refractivity contribution in [3.8, 4) is 0 Å². The SMILES string of the molecule is CCCCN1CCN(c2ccc(C(=O)NCCCCCCCCCCCCCCCCCOS(C)(=O)=O)cn2)CC1. The number of hydrogen-bond acceptors (Lipinski definition) is 7. The summed E-state index contributed by atoms with van der Waals surface area (Å²) >= 11 is 0. The molecule has 0 unspecified atom stereocenters. The number of anilines is 1. The van der Waals surface area contributed by atoms with Crippen molar-refractivity contribution in [1.29, 1.82) is 0 Å². The molecule has 1 N–H and O–H groups in total. The van der Waals surface area contributed by atoms with Gasteiger partial charge in [0.05, 0.1) is 18.4 Å². The maximum absolute atomic E-state index is 12.5. The fourth-order valence-electron chi connectivity index (χ4n) is 5.33. The highest BCUT2D eigenvalue weighted by molar-refractivity contribution is 7.85. The second-order valence-corrected chi connectivity index (χ2v) is 13.3. The fraction of sp³-hybridized carbons (Fsp3) is 0.812. The highest BCUT2D eigenvalue weighted by atomic mass is 32.2. The zero-order valence-corrected chi connectivity index (χ0v) is 26.9. The van der Waals surface area contributed by atoms with Gasteiger partial charge in [0.25, 0.3) is 16.0 Å². The van der Waals surface area contributed by atoms with E-state index in [-0.39, 0.29) is 5.91 Å². The predicted molar refractivity (Wildman–Crippen MR) is 170 cm³/mol. The Labute approximate surface area is 251 Å². The van der Waals surface area contributed by atoms with Gasteiger partial charge >= 0.3 is 0 Å². The maximum atomic E-state index is 12.5. The number of amides is 1. The summed E-state index contributed by atoms with van der Waals surface area (Å²) in [5.74, 6) is 0.952. The second-order valence-electron chi connectivity index (χ2n) is 11.7. The van der Waals surface area contributed by atoms with Gasteiger partial charge in [0.1, 0.15) is 5.82 Å². The molecular weight excluding hydrogens is 536 g/mol. The first kappa shape index (κ1) is 35.5. The minimum atomic E-state index is -3.28. The summed E-state index contributed by atoms with van der Waals surface area (Å²) in [4.78, 5) is 21.9. The molecule has 1 saturated heterocycles. The molecule has 0 atom stereocenters. The molecule has 1 aliphatic rings. The van der Waals surface area contributed by atoms with E-state index in [2.05, 4.69) is 27.0 Å². The largest absolute Gasteiger partial charge is 0.354 e. The minimum absolute atomic E-state index is 0.0207. The van der Waals surface area contributed by atoms with Crippen LogP contribution >= 0.6 is 0 Å². The van der Waals surface area contributed by atoms with E-state index in [1.807, 2.05) is 12.1 Å². The first-order chi connectivity index (χ1) is 19.9. The number of pyridine rings is 1. The Balaban J connectivity index is 1.36. The molecule has 1 aromatic heterocycles. The van der Waals surface area contributed by atoms with E-state index >= 15 is 0 Å². The van der Waals surface area contributed by atoms with E-state index in [4.69, 9.17) is 4.18 Å². The number of carbonyl (C=O) groups is 1. The maximum Gasteiger partial charge on any atom is 0.264 e. The van der Waals surface area contributed by atoms with Crippen LogP contribution in [0, 0.1) is 0 Å². The average Bonchev–Trinajstić information content (AvgIpc) is 2.97. The van der Waals surface area contributed by atoms with Gasteiger partial charge in [0, 0.05) is 38.9 Å². The Morgan fingerprint density at radius 1 is 0.805 bits per heavy atom. The molecule has 1 amide bonds. The van der Waals surface area contributed by atoms with Crippen molar-refractivity contribution in [3.63, 3.8) is 0 Å². The lowest BCUT2D eigenvalue weighted by atomic mass is 10.0. The molecule has 1 aromatic rings. The van der Waals surface area contributed by atoms with Crippen molar-refractivity contribution in [3.05, 3.63) is 23.9 Å². The van der Waals surface area contributed by atoms with Gasteiger partial charge in [-0.3, -0.25) is 13.9 Å². The van der Waals surface area contributed by atoms with Crippen molar-refractivity contribution in [1.82, 2.24) is 15.2 Å². The minimum Gasteiger partial charge on any atom is -0.354 e. The molecule has 1 aliphatic heterocycles. The normalized spacial score (nSPS) is 14.4. The smallest absolute Gasteiger partial charge is 0.264 e.